The average molecular weight is 425 g/mol. The van der Waals surface area contributed by atoms with Gasteiger partial charge in [-0.1, -0.05) is 52.5 Å². The third-order valence-corrected chi connectivity index (χ3v) is 4.79. The van der Waals surface area contributed by atoms with Crippen molar-refractivity contribution in [3.8, 4) is 0 Å². The Morgan fingerprint density at radius 1 is 1.13 bits per heavy atom. The number of rotatable bonds is 8. The van der Waals surface area contributed by atoms with Gasteiger partial charge in [0, 0.05) is 31.7 Å². The summed E-state index contributed by atoms with van der Waals surface area (Å²) < 4.78 is 0. The first kappa shape index (κ1) is 26.0. The third kappa shape index (κ3) is 7.59. The molecular weight excluding hydrogens is 384 g/mol. The van der Waals surface area contributed by atoms with Crippen molar-refractivity contribution in [1.29, 1.82) is 0 Å². The van der Waals surface area contributed by atoms with E-state index in [-0.39, 0.29) is 6.04 Å². The Balaban J connectivity index is 0.00000113. The fraction of sp³-hybridized carbons (Fsp3) is 0.385. The Morgan fingerprint density at radius 2 is 1.87 bits per heavy atom. The van der Waals surface area contributed by atoms with Crippen LogP contribution >= 0.6 is 0 Å². The van der Waals surface area contributed by atoms with E-state index >= 15 is 0 Å². The van der Waals surface area contributed by atoms with E-state index in [1.807, 2.05) is 33.9 Å². The van der Waals surface area contributed by atoms with Crippen LogP contribution in [0.25, 0.3) is 10.9 Å². The first-order valence-corrected chi connectivity index (χ1v) is 11.3. The molecule has 4 N–H and O–H groups in total. The van der Waals surface area contributed by atoms with Crippen LogP contribution in [0.4, 0.5) is 0 Å². The smallest absolute Gasteiger partial charge is 0.125 e. The van der Waals surface area contributed by atoms with E-state index in [0.717, 1.165) is 49.1 Å². The minimum Gasteiger partial charge on any atom is -0.516 e. The topological polar surface area (TPSA) is 63.3 Å². The van der Waals surface area contributed by atoms with Gasteiger partial charge in [-0.3, -0.25) is 0 Å². The van der Waals surface area contributed by atoms with Crippen LogP contribution in [0.1, 0.15) is 58.6 Å². The standard InChI is InChI=1S/C22H28N4O.2C2H6/c1-3-23-22-20(9-7-5-4-6-8-14-27)25-21(16-26(22)2)17-10-11-19-18(15-17)12-13-24-19;2*1-2/h3,5,7-8,10-15,21,23-25,27H,1,4,6,9,16H2,2H3;2*1-2H3/b7-5+,14-8+;;. The van der Waals surface area contributed by atoms with Gasteiger partial charge < -0.3 is 25.6 Å². The molecule has 0 amide bonds. The van der Waals surface area contributed by atoms with Crippen molar-refractivity contribution in [3.05, 3.63) is 84.8 Å². The number of H-pyrrole nitrogens is 1. The van der Waals surface area contributed by atoms with Crippen molar-refractivity contribution in [1.82, 2.24) is 20.5 Å². The second-order valence-corrected chi connectivity index (χ2v) is 6.72. The molecular formula is C26H40N4O. The first-order chi connectivity index (χ1) is 15.2. The molecule has 1 aromatic carbocycles. The van der Waals surface area contributed by atoms with E-state index in [2.05, 4.69) is 70.6 Å². The molecule has 0 bridgehead atoms. The lowest BCUT2D eigenvalue weighted by atomic mass is 10.0. The number of aromatic nitrogens is 1. The molecule has 5 nitrogen and oxygen atoms in total. The second kappa shape index (κ2) is 14.8. The second-order valence-electron chi connectivity index (χ2n) is 6.72. The minimum atomic E-state index is 0.227. The van der Waals surface area contributed by atoms with Gasteiger partial charge in [-0.15, -0.1) is 0 Å². The largest absolute Gasteiger partial charge is 0.516 e. The van der Waals surface area contributed by atoms with Crippen LogP contribution in [-0.4, -0.2) is 28.6 Å². The summed E-state index contributed by atoms with van der Waals surface area (Å²) in [6.07, 6.45) is 13.4. The number of benzene rings is 1. The Labute approximate surface area is 188 Å². The number of unbranched alkanes of at least 4 members (excludes halogenated alkanes) is 1. The highest BCUT2D eigenvalue weighted by atomic mass is 16.2. The highest BCUT2D eigenvalue weighted by Crippen LogP contribution is 2.26. The number of aromatic amines is 1. The molecule has 31 heavy (non-hydrogen) atoms. The number of nitrogens with one attached hydrogen (secondary N) is 3. The number of nitrogens with zero attached hydrogens (tertiary/aromatic N) is 1. The first-order valence-electron chi connectivity index (χ1n) is 11.3. The molecule has 2 heterocycles. The zero-order chi connectivity index (χ0) is 23.1. The molecule has 2 aromatic rings. The summed E-state index contributed by atoms with van der Waals surface area (Å²) in [5.74, 6) is 1.06. The maximum absolute atomic E-state index is 8.69. The highest BCUT2D eigenvalue weighted by molar-refractivity contribution is 5.80. The van der Waals surface area contributed by atoms with Gasteiger partial charge in [-0.05, 0) is 54.3 Å². The predicted octanol–water partition coefficient (Wildman–Crippen LogP) is 6.50. The Kier molecular flexibility index (Phi) is 12.4. The van der Waals surface area contributed by atoms with Crippen LogP contribution in [0.15, 0.2) is 79.2 Å². The van der Waals surface area contributed by atoms with Gasteiger partial charge in [0.15, 0.2) is 0 Å². The van der Waals surface area contributed by atoms with Gasteiger partial charge in [0.2, 0.25) is 0 Å². The van der Waals surface area contributed by atoms with Crippen LogP contribution in [-0.2, 0) is 0 Å². The monoisotopic (exact) mass is 424 g/mol. The quantitative estimate of drug-likeness (QED) is 0.222. The summed E-state index contributed by atoms with van der Waals surface area (Å²) >= 11 is 0. The van der Waals surface area contributed by atoms with Crippen LogP contribution < -0.4 is 10.6 Å². The van der Waals surface area contributed by atoms with Crippen molar-refractivity contribution >= 4 is 10.9 Å². The lowest BCUT2D eigenvalue weighted by Crippen LogP contribution is -2.43. The molecule has 0 aliphatic carbocycles. The summed E-state index contributed by atoms with van der Waals surface area (Å²) in [6.45, 7) is 12.7. The normalized spacial score (nSPS) is 15.9. The molecule has 3 rings (SSSR count). The number of hydrogen-bond acceptors (Lipinski definition) is 4. The molecule has 0 fully saturated rings. The fourth-order valence-electron chi connectivity index (χ4n) is 3.43. The van der Waals surface area contributed by atoms with Gasteiger partial charge in [0.25, 0.3) is 0 Å². The lowest BCUT2D eigenvalue weighted by Gasteiger charge is -2.37. The number of allylic oxidation sites excluding steroid dienone is 3. The molecule has 0 spiro atoms. The molecule has 1 aromatic heterocycles. The zero-order valence-corrected chi connectivity index (χ0v) is 19.8. The molecule has 170 valence electrons. The van der Waals surface area contributed by atoms with Crippen LogP contribution in [0.5, 0.6) is 0 Å². The number of hydrogen-bond donors (Lipinski definition) is 4. The van der Waals surface area contributed by atoms with E-state index in [0.29, 0.717) is 0 Å². The van der Waals surface area contributed by atoms with Gasteiger partial charge in [-0.25, -0.2) is 0 Å². The van der Waals surface area contributed by atoms with Crippen molar-refractivity contribution in [2.45, 2.75) is 53.0 Å². The third-order valence-electron chi connectivity index (χ3n) is 4.79. The number of aliphatic hydroxyl groups excluding tert-OH is 1. The summed E-state index contributed by atoms with van der Waals surface area (Å²) in [7, 11) is 2.10. The maximum atomic E-state index is 8.69. The maximum Gasteiger partial charge on any atom is 0.125 e. The molecule has 0 radical (unpaired) electrons. The Bertz CT molecular complexity index is 863. The molecule has 1 unspecified atom stereocenters. The van der Waals surface area contributed by atoms with E-state index in [1.165, 1.54) is 10.9 Å². The highest BCUT2D eigenvalue weighted by Gasteiger charge is 2.24. The molecule has 1 atom stereocenters. The summed E-state index contributed by atoms with van der Waals surface area (Å²) in [4.78, 5) is 5.49. The van der Waals surface area contributed by atoms with E-state index in [9.17, 15) is 0 Å². The Morgan fingerprint density at radius 3 is 2.58 bits per heavy atom. The molecule has 5 heteroatoms. The summed E-state index contributed by atoms with van der Waals surface area (Å²) in [5.41, 5.74) is 3.59. The summed E-state index contributed by atoms with van der Waals surface area (Å²) in [6, 6.07) is 8.91. The van der Waals surface area contributed by atoms with Gasteiger partial charge >= 0.3 is 0 Å². The van der Waals surface area contributed by atoms with Crippen LogP contribution in [0.2, 0.25) is 0 Å². The van der Waals surface area contributed by atoms with Gasteiger partial charge in [-0.2, -0.15) is 0 Å². The number of likely N-dealkylation sites (N-methyl/N-ethyl adjacent to an activating group) is 1. The molecule has 1 aliphatic heterocycles. The fourth-order valence-corrected chi connectivity index (χ4v) is 3.43. The number of aliphatic hydroxyl groups is 1. The Hall–Kier alpha value is -3.08. The van der Waals surface area contributed by atoms with Crippen molar-refractivity contribution < 1.29 is 5.11 Å². The number of fused-ring (bicyclic) bond motifs is 1. The molecule has 0 saturated heterocycles. The van der Waals surface area contributed by atoms with E-state index in [1.54, 1.807) is 12.3 Å². The SMILES string of the molecule is C=CNC1=C(C/C=C/CC/C=C/O)NC(c2ccc3[nH]ccc3c2)CN1C.CC.CC. The van der Waals surface area contributed by atoms with Crippen molar-refractivity contribution in [2.75, 3.05) is 13.6 Å². The van der Waals surface area contributed by atoms with Gasteiger partial charge in [0.1, 0.15) is 5.82 Å². The van der Waals surface area contributed by atoms with E-state index in [4.69, 9.17) is 5.11 Å². The molecule has 0 saturated carbocycles. The van der Waals surface area contributed by atoms with Crippen LogP contribution in [0, 0.1) is 0 Å². The predicted molar refractivity (Wildman–Crippen MR) is 135 cm³/mol. The average Bonchev–Trinajstić information content (AvgIpc) is 3.28. The zero-order valence-electron chi connectivity index (χ0n) is 19.8. The van der Waals surface area contributed by atoms with E-state index < -0.39 is 0 Å². The van der Waals surface area contributed by atoms with Crippen molar-refractivity contribution in [3.63, 3.8) is 0 Å². The van der Waals surface area contributed by atoms with Crippen molar-refractivity contribution in [2.24, 2.45) is 0 Å². The van der Waals surface area contributed by atoms with Gasteiger partial charge in [0.05, 0.1) is 18.0 Å². The summed E-state index contributed by atoms with van der Waals surface area (Å²) in [5, 5.41) is 16.9. The minimum absolute atomic E-state index is 0.227. The lowest BCUT2D eigenvalue weighted by molar-refractivity contribution is 0.306. The van der Waals surface area contributed by atoms with Crippen LogP contribution in [0.3, 0.4) is 0 Å². The molecule has 1 aliphatic rings.